The maximum Gasteiger partial charge on any atom is 0.137 e. The molecule has 18 heavy (non-hydrogen) atoms. The van der Waals surface area contributed by atoms with E-state index in [1.165, 1.54) is 0 Å². The first-order valence-electron chi connectivity index (χ1n) is 5.41. The Morgan fingerprint density at radius 2 is 1.61 bits per heavy atom. The minimum Gasteiger partial charge on any atom is -0.495 e. The lowest BCUT2D eigenvalue weighted by Crippen LogP contribution is -1.97. The molecule has 0 saturated heterocycles. The lowest BCUT2D eigenvalue weighted by atomic mass is 10.1. The van der Waals surface area contributed by atoms with Gasteiger partial charge in [-0.1, -0.05) is 0 Å². The summed E-state index contributed by atoms with van der Waals surface area (Å²) in [5.74, 6) is 2.24. The third-order valence-electron chi connectivity index (χ3n) is 2.49. The molecule has 0 amide bonds. The van der Waals surface area contributed by atoms with Crippen molar-refractivity contribution in [3.05, 3.63) is 46.5 Å². The Bertz CT molecular complexity index is 507. The minimum absolute atomic E-state index is 0.640. The van der Waals surface area contributed by atoms with Gasteiger partial charge in [-0.2, -0.15) is 0 Å². The second-order valence-corrected chi connectivity index (χ2v) is 4.45. The van der Waals surface area contributed by atoms with Crippen LogP contribution in [-0.2, 0) is 6.42 Å². The molecule has 0 saturated carbocycles. The Balaban J connectivity index is 2.34. The molecule has 0 radical (unpaired) electrons. The summed E-state index contributed by atoms with van der Waals surface area (Å²) in [7, 11) is 3.25. The largest absolute Gasteiger partial charge is 0.495 e. The summed E-state index contributed by atoms with van der Waals surface area (Å²) in [6, 6.07) is 5.69. The van der Waals surface area contributed by atoms with Gasteiger partial charge in [0.05, 0.1) is 14.2 Å². The highest BCUT2D eigenvalue weighted by molar-refractivity contribution is 9.10. The minimum atomic E-state index is 0.640. The van der Waals surface area contributed by atoms with Crippen molar-refractivity contribution < 1.29 is 9.47 Å². The average Bonchev–Trinajstić information content (AvgIpc) is 2.41. The monoisotopic (exact) mass is 308 g/mol. The fourth-order valence-electron chi connectivity index (χ4n) is 1.63. The van der Waals surface area contributed by atoms with Crippen molar-refractivity contribution in [2.24, 2.45) is 0 Å². The molecule has 0 aliphatic carbocycles. The molecule has 0 unspecified atom stereocenters. The molecule has 94 valence electrons. The fourth-order valence-corrected chi connectivity index (χ4v) is 2.18. The van der Waals surface area contributed by atoms with Crippen molar-refractivity contribution in [3.63, 3.8) is 0 Å². The fraction of sp³-hybridized carbons (Fsp3) is 0.231. The van der Waals surface area contributed by atoms with E-state index in [4.69, 9.17) is 9.47 Å². The van der Waals surface area contributed by atoms with Gasteiger partial charge in [-0.25, -0.2) is 9.97 Å². The van der Waals surface area contributed by atoms with Gasteiger partial charge in [0.25, 0.3) is 0 Å². The molecule has 4 nitrogen and oxygen atoms in total. The van der Waals surface area contributed by atoms with Crippen LogP contribution in [0.2, 0.25) is 0 Å². The Morgan fingerprint density at radius 3 is 2.11 bits per heavy atom. The SMILES string of the molecule is COc1cc(Cc2ncccn2)cc(OC)c1Br. The number of methoxy groups -OCH3 is 2. The van der Waals surface area contributed by atoms with Gasteiger partial charge in [0.1, 0.15) is 21.8 Å². The van der Waals surface area contributed by atoms with Crippen LogP contribution in [0.3, 0.4) is 0 Å². The molecule has 0 aliphatic rings. The predicted molar refractivity (Wildman–Crippen MR) is 72.1 cm³/mol. The van der Waals surface area contributed by atoms with E-state index >= 15 is 0 Å². The van der Waals surface area contributed by atoms with E-state index in [0.29, 0.717) is 6.42 Å². The van der Waals surface area contributed by atoms with Gasteiger partial charge in [-0.05, 0) is 39.7 Å². The first-order chi connectivity index (χ1) is 8.74. The van der Waals surface area contributed by atoms with Crippen LogP contribution in [0.25, 0.3) is 0 Å². The molecule has 1 aromatic heterocycles. The standard InChI is InChI=1S/C13H13BrN2O2/c1-17-10-6-9(7-11(18-2)13(10)14)8-12-15-4-3-5-16-12/h3-7H,8H2,1-2H3. The highest BCUT2D eigenvalue weighted by Crippen LogP contribution is 2.35. The van der Waals surface area contributed by atoms with Crippen LogP contribution in [0.15, 0.2) is 35.1 Å². The van der Waals surface area contributed by atoms with E-state index < -0.39 is 0 Å². The smallest absolute Gasteiger partial charge is 0.137 e. The predicted octanol–water partition coefficient (Wildman–Crippen LogP) is 2.85. The zero-order valence-corrected chi connectivity index (χ0v) is 11.8. The lowest BCUT2D eigenvalue weighted by Gasteiger charge is -2.11. The molecule has 0 aliphatic heterocycles. The van der Waals surface area contributed by atoms with E-state index in [0.717, 1.165) is 27.4 Å². The number of halogens is 1. The number of rotatable bonds is 4. The summed E-state index contributed by atoms with van der Waals surface area (Å²) < 4.78 is 11.4. The van der Waals surface area contributed by atoms with Gasteiger partial charge in [0.15, 0.2) is 0 Å². The zero-order chi connectivity index (χ0) is 13.0. The molecule has 1 heterocycles. The Labute approximate surface area is 114 Å². The van der Waals surface area contributed by atoms with Gasteiger partial charge < -0.3 is 9.47 Å². The average molecular weight is 309 g/mol. The number of hydrogen-bond donors (Lipinski definition) is 0. The normalized spacial score (nSPS) is 10.2. The number of ether oxygens (including phenoxy) is 2. The van der Waals surface area contributed by atoms with E-state index in [1.54, 1.807) is 32.7 Å². The molecule has 2 aromatic rings. The van der Waals surface area contributed by atoms with Crippen LogP contribution < -0.4 is 9.47 Å². The summed E-state index contributed by atoms with van der Waals surface area (Å²) in [6.45, 7) is 0. The van der Waals surface area contributed by atoms with Crippen molar-refractivity contribution in [1.82, 2.24) is 9.97 Å². The number of benzene rings is 1. The molecule has 0 atom stereocenters. The van der Waals surface area contributed by atoms with Gasteiger partial charge in [-0.15, -0.1) is 0 Å². The summed E-state index contributed by atoms with van der Waals surface area (Å²) in [5, 5.41) is 0. The first-order valence-corrected chi connectivity index (χ1v) is 6.20. The molecular weight excluding hydrogens is 296 g/mol. The van der Waals surface area contributed by atoms with Crippen LogP contribution in [0.4, 0.5) is 0 Å². The van der Waals surface area contributed by atoms with Gasteiger partial charge in [-0.3, -0.25) is 0 Å². The third-order valence-corrected chi connectivity index (χ3v) is 3.27. The summed E-state index contributed by atoms with van der Waals surface area (Å²) in [6.07, 6.45) is 4.10. The van der Waals surface area contributed by atoms with Crippen LogP contribution in [0.1, 0.15) is 11.4 Å². The summed E-state index contributed by atoms with van der Waals surface area (Å²) in [4.78, 5) is 8.41. The van der Waals surface area contributed by atoms with Crippen molar-refractivity contribution in [2.75, 3.05) is 14.2 Å². The summed E-state index contributed by atoms with van der Waals surface area (Å²) >= 11 is 3.44. The maximum atomic E-state index is 5.30. The molecule has 5 heteroatoms. The maximum absolute atomic E-state index is 5.30. The van der Waals surface area contributed by atoms with Crippen LogP contribution >= 0.6 is 15.9 Å². The van der Waals surface area contributed by atoms with Crippen LogP contribution in [0, 0.1) is 0 Å². The second kappa shape index (κ2) is 5.82. The molecule has 1 aromatic carbocycles. The molecule has 0 N–H and O–H groups in total. The second-order valence-electron chi connectivity index (χ2n) is 3.66. The highest BCUT2D eigenvalue weighted by atomic mass is 79.9. The van der Waals surface area contributed by atoms with E-state index in [-0.39, 0.29) is 0 Å². The van der Waals surface area contributed by atoms with Crippen LogP contribution in [0.5, 0.6) is 11.5 Å². The topological polar surface area (TPSA) is 44.2 Å². The highest BCUT2D eigenvalue weighted by Gasteiger charge is 2.10. The van der Waals surface area contributed by atoms with Crippen molar-refractivity contribution >= 4 is 15.9 Å². The quantitative estimate of drug-likeness (QED) is 0.871. The number of aromatic nitrogens is 2. The Morgan fingerprint density at radius 1 is 1.06 bits per heavy atom. The van der Waals surface area contributed by atoms with Crippen LogP contribution in [-0.4, -0.2) is 24.2 Å². The zero-order valence-electron chi connectivity index (χ0n) is 10.2. The van der Waals surface area contributed by atoms with Gasteiger partial charge in [0, 0.05) is 18.8 Å². The molecule has 0 spiro atoms. The van der Waals surface area contributed by atoms with E-state index in [9.17, 15) is 0 Å². The number of hydrogen-bond acceptors (Lipinski definition) is 4. The van der Waals surface area contributed by atoms with Gasteiger partial charge in [0.2, 0.25) is 0 Å². The number of nitrogens with zero attached hydrogens (tertiary/aromatic N) is 2. The molecular formula is C13H13BrN2O2. The Hall–Kier alpha value is -1.62. The van der Waals surface area contributed by atoms with Crippen molar-refractivity contribution in [3.8, 4) is 11.5 Å². The van der Waals surface area contributed by atoms with Crippen molar-refractivity contribution in [2.45, 2.75) is 6.42 Å². The molecule has 2 rings (SSSR count). The Kier molecular flexibility index (Phi) is 4.15. The molecule has 0 bridgehead atoms. The van der Waals surface area contributed by atoms with E-state index in [1.807, 2.05) is 12.1 Å². The van der Waals surface area contributed by atoms with E-state index in [2.05, 4.69) is 25.9 Å². The van der Waals surface area contributed by atoms with Crippen molar-refractivity contribution in [1.29, 1.82) is 0 Å². The first kappa shape index (κ1) is 12.8. The lowest BCUT2D eigenvalue weighted by molar-refractivity contribution is 0.388. The van der Waals surface area contributed by atoms with Gasteiger partial charge >= 0.3 is 0 Å². The summed E-state index contributed by atoms with van der Waals surface area (Å²) in [5.41, 5.74) is 1.04. The third kappa shape index (κ3) is 2.79. The molecule has 0 fully saturated rings.